The highest BCUT2D eigenvalue weighted by atomic mass is 16.2. The number of nitrogens with zero attached hydrogens (tertiary/aromatic N) is 2. The van der Waals surface area contributed by atoms with E-state index in [-0.39, 0.29) is 11.9 Å². The van der Waals surface area contributed by atoms with Gasteiger partial charge < -0.3 is 10.2 Å². The Bertz CT molecular complexity index is 402. The Hall–Kier alpha value is -1.68. The number of nitrogens with one attached hydrogen (secondary N) is 1. The number of piperazine rings is 1. The van der Waals surface area contributed by atoms with Gasteiger partial charge in [-0.2, -0.15) is 0 Å². The zero-order valence-electron chi connectivity index (χ0n) is 9.97. The van der Waals surface area contributed by atoms with E-state index in [0.29, 0.717) is 0 Å². The van der Waals surface area contributed by atoms with Crippen molar-refractivity contribution in [1.29, 1.82) is 0 Å². The van der Waals surface area contributed by atoms with Crippen LogP contribution in [0.2, 0.25) is 0 Å². The second-order valence-electron chi connectivity index (χ2n) is 4.20. The summed E-state index contributed by atoms with van der Waals surface area (Å²) >= 11 is 0. The monoisotopic (exact) mass is 231 g/mol. The number of carbonyl (C=O) groups is 1. The Morgan fingerprint density at radius 3 is 3.24 bits per heavy atom. The fraction of sp³-hybridized carbons (Fsp3) is 0.385. The van der Waals surface area contributed by atoms with E-state index in [1.54, 1.807) is 18.5 Å². The van der Waals surface area contributed by atoms with Gasteiger partial charge in [-0.25, -0.2) is 0 Å². The van der Waals surface area contributed by atoms with Gasteiger partial charge in [-0.1, -0.05) is 6.07 Å². The van der Waals surface area contributed by atoms with Crippen molar-refractivity contribution in [1.82, 2.24) is 15.2 Å². The highest BCUT2D eigenvalue weighted by Crippen LogP contribution is 2.05. The third-order valence-corrected chi connectivity index (χ3v) is 2.89. The molecule has 0 aromatic carbocycles. The van der Waals surface area contributed by atoms with E-state index >= 15 is 0 Å². The number of aromatic nitrogens is 1. The molecular weight excluding hydrogens is 214 g/mol. The molecule has 1 atom stereocenters. The molecule has 90 valence electrons. The van der Waals surface area contributed by atoms with E-state index in [2.05, 4.69) is 17.2 Å². The van der Waals surface area contributed by atoms with Crippen molar-refractivity contribution in [2.24, 2.45) is 0 Å². The lowest BCUT2D eigenvalue weighted by molar-refractivity contribution is -0.128. The Morgan fingerprint density at radius 2 is 2.53 bits per heavy atom. The number of carbonyl (C=O) groups excluding carboxylic acids is 1. The summed E-state index contributed by atoms with van der Waals surface area (Å²) in [6, 6.07) is 4.05. The minimum absolute atomic E-state index is 0.0721. The molecule has 17 heavy (non-hydrogen) atoms. The predicted molar refractivity (Wildman–Crippen MR) is 67.3 cm³/mol. The van der Waals surface area contributed by atoms with E-state index in [1.165, 1.54) is 0 Å². The Morgan fingerprint density at radius 1 is 1.65 bits per heavy atom. The highest BCUT2D eigenvalue weighted by molar-refractivity contribution is 5.92. The molecule has 4 heteroatoms. The van der Waals surface area contributed by atoms with Crippen LogP contribution in [-0.4, -0.2) is 41.5 Å². The Labute approximate surface area is 101 Å². The third kappa shape index (κ3) is 3.14. The van der Waals surface area contributed by atoms with Crippen molar-refractivity contribution in [3.63, 3.8) is 0 Å². The number of rotatable bonds is 2. The Kier molecular flexibility index (Phi) is 3.88. The SMILES string of the molecule is CC1CNCCN1C(=O)C=Cc1cccnc1. The summed E-state index contributed by atoms with van der Waals surface area (Å²) in [7, 11) is 0. The normalized spacial score (nSPS) is 20.8. The first-order chi connectivity index (χ1) is 8.27. The summed E-state index contributed by atoms with van der Waals surface area (Å²) in [4.78, 5) is 17.9. The molecule has 0 spiro atoms. The summed E-state index contributed by atoms with van der Waals surface area (Å²) in [5, 5.41) is 3.27. The van der Waals surface area contributed by atoms with E-state index in [4.69, 9.17) is 0 Å². The van der Waals surface area contributed by atoms with Crippen LogP contribution in [0.5, 0.6) is 0 Å². The Balaban J connectivity index is 1.99. The van der Waals surface area contributed by atoms with Crippen LogP contribution >= 0.6 is 0 Å². The van der Waals surface area contributed by atoms with E-state index < -0.39 is 0 Å². The van der Waals surface area contributed by atoms with E-state index in [1.807, 2.05) is 23.1 Å². The van der Waals surface area contributed by atoms with Crippen LogP contribution in [0.25, 0.3) is 6.08 Å². The van der Waals surface area contributed by atoms with E-state index in [9.17, 15) is 4.79 Å². The number of hydrogen-bond donors (Lipinski definition) is 1. The lowest BCUT2D eigenvalue weighted by atomic mass is 10.2. The maximum atomic E-state index is 12.0. The molecule has 0 radical (unpaired) electrons. The summed E-state index contributed by atoms with van der Waals surface area (Å²) in [5.74, 6) is 0.0721. The molecule has 1 fully saturated rings. The first-order valence-electron chi connectivity index (χ1n) is 5.87. The molecule has 1 amide bonds. The predicted octanol–water partition coefficient (Wildman–Crippen LogP) is 0.915. The molecule has 2 heterocycles. The number of amides is 1. The van der Waals surface area contributed by atoms with E-state index in [0.717, 1.165) is 25.2 Å². The maximum absolute atomic E-state index is 12.0. The molecule has 1 aromatic heterocycles. The molecule has 4 nitrogen and oxygen atoms in total. The highest BCUT2D eigenvalue weighted by Gasteiger charge is 2.20. The minimum atomic E-state index is 0.0721. The van der Waals surface area contributed by atoms with Crippen molar-refractivity contribution in [2.45, 2.75) is 13.0 Å². The van der Waals surface area contributed by atoms with Gasteiger partial charge in [-0.15, -0.1) is 0 Å². The van der Waals surface area contributed by atoms with Gasteiger partial charge >= 0.3 is 0 Å². The standard InChI is InChI=1S/C13H17N3O/c1-11-9-15-7-8-16(11)13(17)5-4-12-3-2-6-14-10-12/h2-6,10-11,15H,7-9H2,1H3. The average molecular weight is 231 g/mol. The van der Waals surface area contributed by atoms with Crippen LogP contribution in [0.1, 0.15) is 12.5 Å². The molecule has 2 rings (SSSR count). The van der Waals surface area contributed by atoms with Gasteiger partial charge in [0, 0.05) is 44.1 Å². The molecule has 1 aliphatic rings. The molecule has 0 bridgehead atoms. The van der Waals surface area contributed by atoms with Crippen molar-refractivity contribution in [3.8, 4) is 0 Å². The molecule has 1 aliphatic heterocycles. The third-order valence-electron chi connectivity index (χ3n) is 2.89. The molecule has 0 saturated carbocycles. The topological polar surface area (TPSA) is 45.2 Å². The first kappa shape index (κ1) is 11.8. The zero-order valence-corrected chi connectivity index (χ0v) is 9.97. The largest absolute Gasteiger partial charge is 0.334 e. The molecule has 0 aliphatic carbocycles. The summed E-state index contributed by atoms with van der Waals surface area (Å²) in [5.41, 5.74) is 0.948. The van der Waals surface area contributed by atoms with Crippen LogP contribution in [0.15, 0.2) is 30.6 Å². The van der Waals surface area contributed by atoms with Gasteiger partial charge in [0.25, 0.3) is 0 Å². The maximum Gasteiger partial charge on any atom is 0.246 e. The quantitative estimate of drug-likeness (QED) is 0.770. The molecule has 1 aromatic rings. The smallest absolute Gasteiger partial charge is 0.246 e. The fourth-order valence-corrected chi connectivity index (χ4v) is 1.91. The van der Waals surface area contributed by atoms with Crippen molar-refractivity contribution >= 4 is 12.0 Å². The van der Waals surface area contributed by atoms with Gasteiger partial charge in [0.1, 0.15) is 0 Å². The van der Waals surface area contributed by atoms with Crippen LogP contribution in [0, 0.1) is 0 Å². The zero-order chi connectivity index (χ0) is 12.1. The van der Waals surface area contributed by atoms with Crippen LogP contribution in [0.3, 0.4) is 0 Å². The van der Waals surface area contributed by atoms with Gasteiger partial charge in [0.15, 0.2) is 0 Å². The number of hydrogen-bond acceptors (Lipinski definition) is 3. The van der Waals surface area contributed by atoms with Crippen molar-refractivity contribution in [2.75, 3.05) is 19.6 Å². The lowest BCUT2D eigenvalue weighted by Gasteiger charge is -2.33. The number of pyridine rings is 1. The van der Waals surface area contributed by atoms with Crippen molar-refractivity contribution in [3.05, 3.63) is 36.2 Å². The summed E-state index contributed by atoms with van der Waals surface area (Å²) in [6.07, 6.45) is 6.89. The minimum Gasteiger partial charge on any atom is -0.334 e. The van der Waals surface area contributed by atoms with Gasteiger partial charge in [-0.3, -0.25) is 9.78 Å². The summed E-state index contributed by atoms with van der Waals surface area (Å²) in [6.45, 7) is 4.57. The molecule has 1 N–H and O–H groups in total. The van der Waals surface area contributed by atoms with Crippen molar-refractivity contribution < 1.29 is 4.79 Å². The second-order valence-corrected chi connectivity index (χ2v) is 4.20. The first-order valence-corrected chi connectivity index (χ1v) is 5.87. The van der Waals surface area contributed by atoms with Crippen LogP contribution in [-0.2, 0) is 4.79 Å². The van der Waals surface area contributed by atoms with Gasteiger partial charge in [0.05, 0.1) is 0 Å². The second kappa shape index (κ2) is 5.59. The molecule has 1 saturated heterocycles. The van der Waals surface area contributed by atoms with Gasteiger partial charge in [0.2, 0.25) is 5.91 Å². The summed E-state index contributed by atoms with van der Waals surface area (Å²) < 4.78 is 0. The molecular formula is C13H17N3O. The van der Waals surface area contributed by atoms with Crippen LogP contribution < -0.4 is 5.32 Å². The molecule has 1 unspecified atom stereocenters. The van der Waals surface area contributed by atoms with Gasteiger partial charge in [-0.05, 0) is 24.6 Å². The average Bonchev–Trinajstić information content (AvgIpc) is 2.38. The lowest BCUT2D eigenvalue weighted by Crippen LogP contribution is -2.51. The fourth-order valence-electron chi connectivity index (χ4n) is 1.91. The van der Waals surface area contributed by atoms with Crippen LogP contribution in [0.4, 0.5) is 0 Å².